The summed E-state index contributed by atoms with van der Waals surface area (Å²) in [4.78, 5) is 10.9. The van der Waals surface area contributed by atoms with Crippen LogP contribution in [0.15, 0.2) is 18.2 Å². The van der Waals surface area contributed by atoms with Gasteiger partial charge >= 0.3 is 5.97 Å². The molecule has 1 aromatic rings. The molecule has 0 radical (unpaired) electrons. The Balaban J connectivity index is 2.65. The van der Waals surface area contributed by atoms with Crippen molar-refractivity contribution in [3.05, 3.63) is 23.8 Å². The number of carboxylic acids is 1. The summed E-state index contributed by atoms with van der Waals surface area (Å²) in [6.45, 7) is 4.90. The third-order valence-electron chi connectivity index (χ3n) is 3.28. The van der Waals surface area contributed by atoms with Crippen molar-refractivity contribution in [2.75, 3.05) is 12.3 Å². The van der Waals surface area contributed by atoms with E-state index in [9.17, 15) is 4.79 Å². The van der Waals surface area contributed by atoms with Crippen molar-refractivity contribution in [3.8, 4) is 5.75 Å². The molecular formula is C15H23NO3. The topological polar surface area (TPSA) is 72.5 Å². The zero-order valence-electron chi connectivity index (χ0n) is 11.7. The third-order valence-corrected chi connectivity index (χ3v) is 3.28. The average Bonchev–Trinajstić information content (AvgIpc) is 2.40. The predicted molar refractivity (Wildman–Crippen MR) is 76.6 cm³/mol. The maximum atomic E-state index is 10.9. The highest BCUT2D eigenvalue weighted by atomic mass is 16.5. The number of carboxylic acid groups (broad SMARTS) is 1. The van der Waals surface area contributed by atoms with Crippen molar-refractivity contribution in [1.82, 2.24) is 0 Å². The first-order valence-corrected chi connectivity index (χ1v) is 6.84. The quantitative estimate of drug-likeness (QED) is 0.705. The van der Waals surface area contributed by atoms with E-state index < -0.39 is 5.97 Å². The van der Waals surface area contributed by atoms with Crippen LogP contribution in [-0.2, 0) is 0 Å². The second-order valence-corrected chi connectivity index (χ2v) is 4.79. The number of benzene rings is 1. The molecule has 0 aliphatic heterocycles. The van der Waals surface area contributed by atoms with Crippen LogP contribution >= 0.6 is 0 Å². The van der Waals surface area contributed by atoms with Gasteiger partial charge in [-0.1, -0.05) is 33.1 Å². The summed E-state index contributed by atoms with van der Waals surface area (Å²) >= 11 is 0. The van der Waals surface area contributed by atoms with Crippen LogP contribution < -0.4 is 10.5 Å². The minimum Gasteiger partial charge on any atom is -0.491 e. The SMILES string of the molecule is CCCCC(CC)COc1cc(C(=O)O)ccc1N. The van der Waals surface area contributed by atoms with Gasteiger partial charge in [-0.05, 0) is 30.5 Å². The first kappa shape index (κ1) is 15.3. The number of nitrogens with two attached hydrogens (primary N) is 1. The third kappa shape index (κ3) is 4.81. The Kier molecular flexibility index (Phi) is 6.19. The van der Waals surface area contributed by atoms with Gasteiger partial charge in [0.25, 0.3) is 0 Å². The van der Waals surface area contributed by atoms with E-state index in [1.165, 1.54) is 25.0 Å². The number of ether oxygens (including phenoxy) is 1. The fraction of sp³-hybridized carbons (Fsp3) is 0.533. The van der Waals surface area contributed by atoms with Crippen LogP contribution in [0, 0.1) is 5.92 Å². The van der Waals surface area contributed by atoms with Crippen LogP contribution in [0.5, 0.6) is 5.75 Å². The number of hydrogen-bond donors (Lipinski definition) is 2. The molecule has 0 saturated carbocycles. The Morgan fingerprint density at radius 2 is 2.16 bits per heavy atom. The lowest BCUT2D eigenvalue weighted by Gasteiger charge is -2.16. The zero-order chi connectivity index (χ0) is 14.3. The Morgan fingerprint density at radius 3 is 2.74 bits per heavy atom. The predicted octanol–water partition coefficient (Wildman–Crippen LogP) is 3.56. The van der Waals surface area contributed by atoms with Crippen molar-refractivity contribution in [1.29, 1.82) is 0 Å². The Morgan fingerprint density at radius 1 is 1.42 bits per heavy atom. The largest absolute Gasteiger partial charge is 0.491 e. The summed E-state index contributed by atoms with van der Waals surface area (Å²) in [7, 11) is 0. The molecule has 0 spiro atoms. The number of hydrogen-bond acceptors (Lipinski definition) is 3. The molecule has 106 valence electrons. The molecule has 0 bridgehead atoms. The van der Waals surface area contributed by atoms with Crippen LogP contribution in [0.2, 0.25) is 0 Å². The highest BCUT2D eigenvalue weighted by molar-refractivity contribution is 5.89. The van der Waals surface area contributed by atoms with Crippen LogP contribution in [0.4, 0.5) is 5.69 Å². The monoisotopic (exact) mass is 265 g/mol. The second-order valence-electron chi connectivity index (χ2n) is 4.79. The molecule has 4 nitrogen and oxygen atoms in total. The molecule has 0 aromatic heterocycles. The number of carbonyl (C=O) groups is 1. The van der Waals surface area contributed by atoms with Gasteiger partial charge in [-0.25, -0.2) is 4.79 Å². The minimum atomic E-state index is -0.970. The van der Waals surface area contributed by atoms with Crippen LogP contribution in [-0.4, -0.2) is 17.7 Å². The molecular weight excluding hydrogens is 242 g/mol. The summed E-state index contributed by atoms with van der Waals surface area (Å²) in [6, 6.07) is 4.55. The van der Waals surface area contributed by atoms with Crippen LogP contribution in [0.1, 0.15) is 49.9 Å². The average molecular weight is 265 g/mol. The summed E-state index contributed by atoms with van der Waals surface area (Å²) in [5.74, 6) is -0.00874. The molecule has 0 heterocycles. The molecule has 1 rings (SSSR count). The maximum absolute atomic E-state index is 10.9. The molecule has 1 atom stereocenters. The van der Waals surface area contributed by atoms with Gasteiger partial charge < -0.3 is 15.6 Å². The molecule has 1 unspecified atom stereocenters. The molecule has 19 heavy (non-hydrogen) atoms. The van der Waals surface area contributed by atoms with E-state index in [1.54, 1.807) is 6.07 Å². The Hall–Kier alpha value is -1.71. The van der Waals surface area contributed by atoms with E-state index in [2.05, 4.69) is 13.8 Å². The lowest BCUT2D eigenvalue weighted by molar-refractivity contribution is 0.0696. The van der Waals surface area contributed by atoms with E-state index in [-0.39, 0.29) is 5.56 Å². The van der Waals surface area contributed by atoms with Crippen molar-refractivity contribution in [3.63, 3.8) is 0 Å². The first-order chi connectivity index (χ1) is 9.08. The van der Waals surface area contributed by atoms with Gasteiger partial charge in [0.2, 0.25) is 0 Å². The molecule has 3 N–H and O–H groups in total. The Labute approximate surface area is 114 Å². The van der Waals surface area contributed by atoms with E-state index >= 15 is 0 Å². The highest BCUT2D eigenvalue weighted by Gasteiger charge is 2.11. The number of rotatable bonds is 8. The van der Waals surface area contributed by atoms with Gasteiger partial charge in [-0.3, -0.25) is 0 Å². The fourth-order valence-corrected chi connectivity index (χ4v) is 1.90. The molecule has 0 fully saturated rings. The lowest BCUT2D eigenvalue weighted by atomic mass is 10.0. The summed E-state index contributed by atoms with van der Waals surface area (Å²) in [5, 5.41) is 8.94. The Bertz CT molecular complexity index is 418. The first-order valence-electron chi connectivity index (χ1n) is 6.84. The molecule has 0 aliphatic rings. The molecule has 0 amide bonds. The minimum absolute atomic E-state index is 0.200. The van der Waals surface area contributed by atoms with Crippen molar-refractivity contribution < 1.29 is 14.6 Å². The standard InChI is InChI=1S/C15H23NO3/c1-3-5-6-11(4-2)10-19-14-9-12(15(17)18)7-8-13(14)16/h7-9,11H,3-6,10,16H2,1-2H3,(H,17,18). The van der Waals surface area contributed by atoms with Crippen LogP contribution in [0.25, 0.3) is 0 Å². The molecule has 0 aliphatic carbocycles. The highest BCUT2D eigenvalue weighted by Crippen LogP contribution is 2.24. The zero-order valence-corrected chi connectivity index (χ0v) is 11.7. The molecule has 0 saturated heterocycles. The number of aromatic carboxylic acids is 1. The van der Waals surface area contributed by atoms with Crippen molar-refractivity contribution >= 4 is 11.7 Å². The van der Waals surface area contributed by atoms with E-state index in [0.29, 0.717) is 24.0 Å². The summed E-state index contributed by atoms with van der Waals surface area (Å²) in [5.41, 5.74) is 6.48. The fourth-order valence-electron chi connectivity index (χ4n) is 1.90. The van der Waals surface area contributed by atoms with E-state index in [4.69, 9.17) is 15.6 Å². The number of nitrogen functional groups attached to an aromatic ring is 1. The maximum Gasteiger partial charge on any atom is 0.335 e. The molecule has 4 heteroatoms. The lowest BCUT2D eigenvalue weighted by Crippen LogP contribution is -2.12. The van der Waals surface area contributed by atoms with Gasteiger partial charge in [0.05, 0.1) is 17.9 Å². The second kappa shape index (κ2) is 7.67. The van der Waals surface area contributed by atoms with E-state index in [0.717, 1.165) is 12.8 Å². The van der Waals surface area contributed by atoms with Gasteiger partial charge in [0.15, 0.2) is 0 Å². The number of unbranched alkanes of at least 4 members (excludes halogenated alkanes) is 1. The van der Waals surface area contributed by atoms with E-state index in [1.807, 2.05) is 0 Å². The van der Waals surface area contributed by atoms with Crippen molar-refractivity contribution in [2.24, 2.45) is 5.92 Å². The normalized spacial score (nSPS) is 12.1. The van der Waals surface area contributed by atoms with Gasteiger partial charge in [0, 0.05) is 0 Å². The van der Waals surface area contributed by atoms with Crippen LogP contribution in [0.3, 0.4) is 0 Å². The summed E-state index contributed by atoms with van der Waals surface area (Å²) in [6.07, 6.45) is 4.55. The number of anilines is 1. The molecule has 1 aromatic carbocycles. The van der Waals surface area contributed by atoms with Gasteiger partial charge in [0.1, 0.15) is 5.75 Å². The van der Waals surface area contributed by atoms with Gasteiger partial charge in [-0.15, -0.1) is 0 Å². The van der Waals surface area contributed by atoms with Crippen molar-refractivity contribution in [2.45, 2.75) is 39.5 Å². The smallest absolute Gasteiger partial charge is 0.335 e. The summed E-state index contributed by atoms with van der Waals surface area (Å²) < 4.78 is 5.69. The van der Waals surface area contributed by atoms with Gasteiger partial charge in [-0.2, -0.15) is 0 Å².